The SMILES string of the molecule is [N-3].[NH4+].[NH4+].[NH4+]. The summed E-state index contributed by atoms with van der Waals surface area (Å²) in [5.74, 6) is 0. The molecule has 0 aliphatic rings. The molecule has 4 nitrogen and oxygen atoms in total. The highest BCUT2D eigenvalue weighted by Crippen LogP contribution is 0.289. The van der Waals surface area contributed by atoms with E-state index in [-0.39, 0.29) is 24.6 Å². The van der Waals surface area contributed by atoms with Crippen LogP contribution in [-0.4, -0.2) is 0 Å². The predicted octanol–water partition coefficient (Wildman–Crippen LogP) is 1.42. The molecule has 0 unspecified atom stereocenters. The van der Waals surface area contributed by atoms with E-state index < -0.39 is 0 Å². The zero-order valence-corrected chi connectivity index (χ0v) is 3.45. The second kappa shape index (κ2) is 376. The van der Waals surface area contributed by atoms with Crippen LogP contribution in [0.1, 0.15) is 0 Å². The monoisotopic (exact) mass is 68.1 g/mol. The van der Waals surface area contributed by atoms with E-state index in [1.54, 1.807) is 0 Å². The highest BCUT2D eigenvalue weighted by atomic mass is 14.0. The lowest BCUT2D eigenvalue weighted by atomic mass is 14.0. The zero-order chi connectivity index (χ0) is 0. The van der Waals surface area contributed by atoms with Gasteiger partial charge in [0.25, 0.3) is 0 Å². The van der Waals surface area contributed by atoms with Crippen LogP contribution >= 0.6 is 0 Å². The first-order chi connectivity index (χ1) is 0. The zero-order valence-electron chi connectivity index (χ0n) is 3.45. The van der Waals surface area contributed by atoms with Crippen molar-refractivity contribution >= 4 is 0 Å². The van der Waals surface area contributed by atoms with Gasteiger partial charge in [-0.15, -0.1) is 0 Å². The molecule has 32 valence electrons. The molecule has 0 fully saturated rings. The molecule has 0 aliphatic carbocycles. The van der Waals surface area contributed by atoms with Crippen LogP contribution in [0.15, 0.2) is 0 Å². The summed E-state index contributed by atoms with van der Waals surface area (Å²) in [5, 5.41) is 0. The molecule has 0 bridgehead atoms. The molecule has 0 heterocycles. The van der Waals surface area contributed by atoms with Gasteiger partial charge in [-0.3, -0.25) is 0 Å². The highest BCUT2D eigenvalue weighted by Gasteiger charge is -0.367. The van der Waals surface area contributed by atoms with E-state index in [1.807, 2.05) is 0 Å². The fraction of sp³-hybridized carbons (Fsp3) is 0. The van der Waals surface area contributed by atoms with Gasteiger partial charge < -0.3 is 24.6 Å². The third-order valence-electron chi connectivity index (χ3n) is 0. The van der Waals surface area contributed by atoms with E-state index in [2.05, 4.69) is 0 Å². The second-order valence-corrected chi connectivity index (χ2v) is 0. The molecule has 0 aliphatic heterocycles. The second-order valence-electron chi connectivity index (χ2n) is 0. The van der Waals surface area contributed by atoms with Crippen LogP contribution in [-0.2, 0) is 0 Å². The number of rotatable bonds is 0. The summed E-state index contributed by atoms with van der Waals surface area (Å²) in [6, 6.07) is 0. The van der Waals surface area contributed by atoms with Gasteiger partial charge in [-0.2, -0.15) is 0 Å². The van der Waals surface area contributed by atoms with Crippen LogP contribution in [0.3, 0.4) is 0 Å². The normalized spacial score (nSPS) is 0. The van der Waals surface area contributed by atoms with Crippen molar-refractivity contribution in [3.63, 3.8) is 0 Å². The summed E-state index contributed by atoms with van der Waals surface area (Å²) >= 11 is 0. The molecular weight excluding hydrogens is 56.0 g/mol. The first-order valence-corrected chi connectivity index (χ1v) is 0. The standard InChI is InChI=1S/3H3N.N/h3*1H3;/q;;;-3/p+3. The Balaban J connectivity index is 0. The minimum Gasteiger partial charge on any atom is -3.00 e. The smallest absolute Gasteiger partial charge is 0.369 e. The Morgan fingerprint density at radius 1 is 0.500 bits per heavy atom. The van der Waals surface area contributed by atoms with Gasteiger partial charge in [0, 0.05) is 0 Å². The summed E-state index contributed by atoms with van der Waals surface area (Å²) in [6.45, 7) is 0. The molecular formula is H12N4. The maximum Gasteiger partial charge on any atom is -0.369 e. The molecule has 0 saturated carbocycles. The Kier molecular flexibility index (Phi) is 114000. The fourth-order valence-electron chi connectivity index (χ4n) is 0. The Morgan fingerprint density at radius 2 is 0.500 bits per heavy atom. The lowest BCUT2D eigenvalue weighted by molar-refractivity contribution is 2.13. The highest BCUT2D eigenvalue weighted by molar-refractivity contribution is 3.36. The molecule has 0 amide bonds. The molecule has 0 rings (SSSR count). The van der Waals surface area contributed by atoms with Gasteiger partial charge >= 0.3 is 0 Å². The third-order valence-corrected chi connectivity index (χ3v) is 0. The molecule has 0 saturated heterocycles. The van der Waals surface area contributed by atoms with Crippen LogP contribution in [0.25, 0.3) is 6.15 Å². The van der Waals surface area contributed by atoms with Gasteiger partial charge in [-0.05, 0) is 0 Å². The molecule has 0 radical (unpaired) electrons. The fourth-order valence-corrected chi connectivity index (χ4v) is 0. The molecule has 0 atom stereocenters. The molecule has 0 aromatic heterocycles. The maximum absolute atomic E-state index is 0. The van der Waals surface area contributed by atoms with Crippen molar-refractivity contribution in [1.29, 1.82) is 0 Å². The Morgan fingerprint density at radius 3 is 0.500 bits per heavy atom. The van der Waals surface area contributed by atoms with E-state index in [0.717, 1.165) is 0 Å². The quantitative estimate of drug-likeness (QED) is 0.377. The predicted molar refractivity (Wildman–Crippen MR) is 21.3 cm³/mol. The Labute approximate surface area is 25.9 Å². The maximum atomic E-state index is 0. The average molecular weight is 68.1 g/mol. The van der Waals surface area contributed by atoms with Gasteiger partial charge in [0.2, 0.25) is 0 Å². The lowest BCUT2D eigenvalue weighted by Crippen LogP contribution is -0.482. The number of nitrogens with zero attached hydrogens (tertiary/aromatic N) is 1. The largest absolute Gasteiger partial charge is 3.00 e. The van der Waals surface area contributed by atoms with Crippen molar-refractivity contribution in [2.45, 2.75) is 0 Å². The molecule has 0 spiro atoms. The van der Waals surface area contributed by atoms with Crippen LogP contribution in [0.5, 0.6) is 0 Å². The van der Waals surface area contributed by atoms with Crippen molar-refractivity contribution in [2.75, 3.05) is 0 Å². The minimum absolute atomic E-state index is 0. The van der Waals surface area contributed by atoms with E-state index in [4.69, 9.17) is 0 Å². The van der Waals surface area contributed by atoms with Gasteiger partial charge in [0.15, 0.2) is 0 Å². The van der Waals surface area contributed by atoms with E-state index in [1.165, 1.54) is 0 Å². The lowest BCUT2D eigenvalue weighted by Gasteiger charge is -3.00. The van der Waals surface area contributed by atoms with Gasteiger partial charge in [-0.25, -0.2) is 0 Å². The average Bonchev–Trinajstić information content (AvgIpc) is 0. The van der Waals surface area contributed by atoms with E-state index >= 15 is 0 Å². The Hall–Kier alpha value is -0.160. The first kappa shape index (κ1) is 1210. The van der Waals surface area contributed by atoms with Crippen molar-refractivity contribution < 1.29 is 0 Å². The number of hydrogen-bond donors (Lipinski definition) is 3. The third kappa shape index (κ3) is 50.7. The van der Waals surface area contributed by atoms with Gasteiger partial charge in [0.05, 0.1) is 0 Å². The molecule has 0 aromatic carbocycles. The van der Waals surface area contributed by atoms with Crippen LogP contribution in [0.2, 0.25) is 0 Å². The molecule has 12 N–H and O–H groups in total. The Bertz CT molecular complexity index is 0. The van der Waals surface area contributed by atoms with Crippen LogP contribution < -0.4 is 18.5 Å². The minimum atomic E-state index is 0. The van der Waals surface area contributed by atoms with Crippen molar-refractivity contribution in [3.8, 4) is 0 Å². The van der Waals surface area contributed by atoms with Crippen molar-refractivity contribution in [3.05, 3.63) is 6.15 Å². The summed E-state index contributed by atoms with van der Waals surface area (Å²) in [7, 11) is 0. The van der Waals surface area contributed by atoms with E-state index in [9.17, 15) is 0 Å². The molecule has 0 aromatic rings. The van der Waals surface area contributed by atoms with Crippen LogP contribution in [0, 0.1) is 0 Å². The number of hydrogen-bond acceptors (Lipinski definition) is 0. The van der Waals surface area contributed by atoms with Crippen molar-refractivity contribution in [1.82, 2.24) is 18.5 Å². The molecule has 4 heavy (non-hydrogen) atoms. The molecule has 4 heteroatoms. The summed E-state index contributed by atoms with van der Waals surface area (Å²) in [5.41, 5.74) is 0. The van der Waals surface area contributed by atoms with Crippen molar-refractivity contribution in [2.24, 2.45) is 0 Å². The summed E-state index contributed by atoms with van der Waals surface area (Å²) in [4.78, 5) is 0. The van der Waals surface area contributed by atoms with E-state index in [0.29, 0.717) is 0 Å². The van der Waals surface area contributed by atoms with Gasteiger partial charge in [-0.1, -0.05) is 0 Å². The summed E-state index contributed by atoms with van der Waals surface area (Å²) < 4.78 is 0. The summed E-state index contributed by atoms with van der Waals surface area (Å²) in [6.07, 6.45) is 0. The number of quaternary nitrogens is 3. The topological polar surface area (TPSA) is 140 Å². The first-order valence-electron chi connectivity index (χ1n) is 0. The van der Waals surface area contributed by atoms with Crippen LogP contribution in [0.4, 0.5) is 0 Å². The van der Waals surface area contributed by atoms with Gasteiger partial charge in [0.1, 0.15) is 0 Å².